The van der Waals surface area contributed by atoms with Crippen LogP contribution < -0.4 is 5.32 Å². The van der Waals surface area contributed by atoms with Crippen molar-refractivity contribution >= 4 is 23.3 Å². The second-order valence-electron chi connectivity index (χ2n) is 5.35. The highest BCUT2D eigenvalue weighted by Gasteiger charge is 2.13. The second kappa shape index (κ2) is 7.33. The minimum atomic E-state index is -0.0905. The van der Waals surface area contributed by atoms with Gasteiger partial charge in [-0.1, -0.05) is 36.4 Å². The number of nitrogens with one attached hydrogen (secondary N) is 1. The van der Waals surface area contributed by atoms with Crippen LogP contribution in [0, 0.1) is 0 Å². The van der Waals surface area contributed by atoms with Gasteiger partial charge in [-0.2, -0.15) is 0 Å². The van der Waals surface area contributed by atoms with Crippen molar-refractivity contribution in [1.29, 1.82) is 0 Å². The van der Waals surface area contributed by atoms with Gasteiger partial charge in [0, 0.05) is 18.1 Å². The Bertz CT molecular complexity index is 752. The summed E-state index contributed by atoms with van der Waals surface area (Å²) in [4.78, 5) is 16.7. The van der Waals surface area contributed by atoms with E-state index in [9.17, 15) is 4.79 Å². The molecule has 3 rings (SSSR count). The van der Waals surface area contributed by atoms with E-state index in [4.69, 9.17) is 0 Å². The summed E-state index contributed by atoms with van der Waals surface area (Å²) in [6.07, 6.45) is 3.89. The van der Waals surface area contributed by atoms with E-state index in [1.54, 1.807) is 11.8 Å². The van der Waals surface area contributed by atoms with Gasteiger partial charge in [0.05, 0.1) is 17.5 Å². The van der Waals surface area contributed by atoms with Crippen LogP contribution in [-0.2, 0) is 17.1 Å². The largest absolute Gasteiger partial charge is 0.349 e. The molecule has 0 saturated heterocycles. The van der Waals surface area contributed by atoms with Crippen LogP contribution in [0.5, 0.6) is 0 Å². The average Bonchev–Trinajstić information content (AvgIpc) is 3.01. The van der Waals surface area contributed by atoms with Gasteiger partial charge in [0.25, 0.3) is 0 Å². The highest BCUT2D eigenvalue weighted by molar-refractivity contribution is 7.99. The minimum Gasteiger partial charge on any atom is -0.349 e. The van der Waals surface area contributed by atoms with E-state index < -0.39 is 0 Å². The summed E-state index contributed by atoms with van der Waals surface area (Å²) in [7, 11) is 0. The fraction of sp³-hybridized carbons (Fsp3) is 0.222. The van der Waals surface area contributed by atoms with Gasteiger partial charge in [-0.05, 0) is 24.6 Å². The molecule has 0 bridgehead atoms. The van der Waals surface area contributed by atoms with E-state index in [1.165, 1.54) is 5.56 Å². The zero-order valence-corrected chi connectivity index (χ0v) is 13.8. The first-order chi connectivity index (χ1) is 11.2. The molecule has 0 aliphatic heterocycles. The maximum Gasteiger partial charge on any atom is 0.233 e. The smallest absolute Gasteiger partial charge is 0.233 e. The first-order valence-corrected chi connectivity index (χ1v) is 8.63. The molecule has 1 N–H and O–H groups in total. The molecule has 2 aromatic heterocycles. The lowest BCUT2D eigenvalue weighted by Gasteiger charge is -2.11. The van der Waals surface area contributed by atoms with Crippen LogP contribution in [0.25, 0.3) is 5.65 Å². The number of rotatable bonds is 6. The van der Waals surface area contributed by atoms with Crippen LogP contribution in [-0.4, -0.2) is 20.5 Å². The Hall–Kier alpha value is -2.27. The number of pyridine rings is 1. The highest BCUT2D eigenvalue weighted by Crippen LogP contribution is 2.17. The van der Waals surface area contributed by atoms with Gasteiger partial charge >= 0.3 is 0 Å². The molecule has 0 fully saturated rings. The highest BCUT2D eigenvalue weighted by atomic mass is 32.2. The Morgan fingerprint density at radius 3 is 2.78 bits per heavy atom. The lowest BCUT2D eigenvalue weighted by atomic mass is 10.2. The number of imidazole rings is 1. The van der Waals surface area contributed by atoms with Gasteiger partial charge < -0.3 is 9.72 Å². The molecule has 0 aliphatic rings. The maximum atomic E-state index is 12.2. The van der Waals surface area contributed by atoms with Gasteiger partial charge in [-0.3, -0.25) is 4.79 Å². The summed E-state index contributed by atoms with van der Waals surface area (Å²) < 4.78 is 1.95. The maximum absolute atomic E-state index is 12.2. The summed E-state index contributed by atoms with van der Waals surface area (Å²) in [6.45, 7) is 2.39. The lowest BCUT2D eigenvalue weighted by molar-refractivity contribution is -0.120. The predicted octanol–water partition coefficient (Wildman–Crippen LogP) is 3.27. The topological polar surface area (TPSA) is 46.4 Å². The summed E-state index contributed by atoms with van der Waals surface area (Å²) in [5, 5.41) is 2.87. The molecule has 1 amide bonds. The van der Waals surface area contributed by atoms with Crippen LogP contribution in [0.1, 0.15) is 18.2 Å². The molecular formula is C18H19N3OS. The number of fused-ring (bicyclic) bond motifs is 1. The van der Waals surface area contributed by atoms with Crippen molar-refractivity contribution in [2.45, 2.75) is 24.5 Å². The molecule has 118 valence electrons. The number of thioether (sulfide) groups is 1. The molecule has 4 nitrogen and oxygen atoms in total. The quantitative estimate of drug-likeness (QED) is 0.756. The third-order valence-electron chi connectivity index (χ3n) is 3.57. The summed E-state index contributed by atoms with van der Waals surface area (Å²) in [5.41, 5.74) is 2.99. The molecule has 1 atom stereocenters. The van der Waals surface area contributed by atoms with E-state index in [-0.39, 0.29) is 11.2 Å². The van der Waals surface area contributed by atoms with Crippen molar-refractivity contribution < 1.29 is 4.79 Å². The number of carbonyl (C=O) groups is 1. The Labute approximate surface area is 139 Å². The Balaban J connectivity index is 1.50. The number of nitrogens with zero attached hydrogens (tertiary/aromatic N) is 2. The van der Waals surface area contributed by atoms with E-state index in [1.807, 2.05) is 60.1 Å². The van der Waals surface area contributed by atoms with Crippen LogP contribution in [0.2, 0.25) is 0 Å². The molecule has 0 unspecified atom stereocenters. The van der Waals surface area contributed by atoms with Crippen molar-refractivity contribution in [3.8, 4) is 0 Å². The second-order valence-corrected chi connectivity index (χ2v) is 6.68. The van der Waals surface area contributed by atoms with Gasteiger partial charge in [0.15, 0.2) is 0 Å². The van der Waals surface area contributed by atoms with Crippen LogP contribution in [0.15, 0.2) is 60.9 Å². The fourth-order valence-corrected chi connectivity index (χ4v) is 3.13. The molecule has 0 spiro atoms. The van der Waals surface area contributed by atoms with Crippen LogP contribution >= 0.6 is 11.8 Å². The minimum absolute atomic E-state index is 0.0444. The number of hydrogen-bond donors (Lipinski definition) is 1. The third-order valence-corrected chi connectivity index (χ3v) is 4.78. The molecular weight excluding hydrogens is 306 g/mol. The van der Waals surface area contributed by atoms with Crippen molar-refractivity contribution in [1.82, 2.24) is 14.7 Å². The Kier molecular flexibility index (Phi) is 4.98. The number of carbonyl (C=O) groups excluding carboxylic acids is 1. The SMILES string of the molecule is C[C@@H](SCc1ccccc1)C(=O)NCc1cn2ccccc2n1. The van der Waals surface area contributed by atoms with Crippen LogP contribution in [0.4, 0.5) is 0 Å². The molecule has 1 aromatic carbocycles. The Morgan fingerprint density at radius 1 is 1.22 bits per heavy atom. The monoisotopic (exact) mass is 325 g/mol. The van der Waals surface area contributed by atoms with Gasteiger partial charge in [-0.25, -0.2) is 4.98 Å². The first-order valence-electron chi connectivity index (χ1n) is 7.58. The van der Waals surface area contributed by atoms with E-state index in [0.29, 0.717) is 6.54 Å². The summed E-state index contributed by atoms with van der Waals surface area (Å²) >= 11 is 1.64. The van der Waals surface area contributed by atoms with E-state index in [0.717, 1.165) is 17.1 Å². The average molecular weight is 325 g/mol. The molecule has 3 aromatic rings. The van der Waals surface area contributed by atoms with E-state index in [2.05, 4.69) is 22.4 Å². The number of amides is 1. The molecule has 5 heteroatoms. The number of aromatic nitrogens is 2. The summed E-state index contributed by atoms with van der Waals surface area (Å²) in [6, 6.07) is 16.0. The molecule has 23 heavy (non-hydrogen) atoms. The lowest BCUT2D eigenvalue weighted by Crippen LogP contribution is -2.30. The number of benzene rings is 1. The first kappa shape index (κ1) is 15.6. The van der Waals surface area contributed by atoms with E-state index >= 15 is 0 Å². The molecule has 0 radical (unpaired) electrons. The molecule has 2 heterocycles. The summed E-state index contributed by atoms with van der Waals surface area (Å²) in [5.74, 6) is 0.882. The molecule has 0 aliphatic carbocycles. The zero-order chi connectivity index (χ0) is 16.1. The third kappa shape index (κ3) is 4.13. The standard InChI is InChI=1S/C18H19N3OS/c1-14(23-13-15-7-3-2-4-8-15)18(22)19-11-16-12-21-10-6-5-9-17(21)20-16/h2-10,12,14H,11,13H2,1H3,(H,19,22)/t14-/m1/s1. The van der Waals surface area contributed by atoms with Gasteiger partial charge in [0.1, 0.15) is 5.65 Å². The Morgan fingerprint density at radius 2 is 2.00 bits per heavy atom. The van der Waals surface area contributed by atoms with Crippen molar-refractivity contribution in [3.63, 3.8) is 0 Å². The fourth-order valence-electron chi connectivity index (χ4n) is 2.26. The van der Waals surface area contributed by atoms with Crippen molar-refractivity contribution in [2.24, 2.45) is 0 Å². The van der Waals surface area contributed by atoms with Crippen LogP contribution in [0.3, 0.4) is 0 Å². The van der Waals surface area contributed by atoms with Gasteiger partial charge in [-0.15, -0.1) is 11.8 Å². The zero-order valence-electron chi connectivity index (χ0n) is 13.0. The van der Waals surface area contributed by atoms with Gasteiger partial charge in [0.2, 0.25) is 5.91 Å². The molecule has 0 saturated carbocycles. The van der Waals surface area contributed by atoms with Crippen molar-refractivity contribution in [3.05, 3.63) is 72.2 Å². The predicted molar refractivity (Wildman–Crippen MR) is 94.2 cm³/mol. The number of hydrogen-bond acceptors (Lipinski definition) is 3. The van der Waals surface area contributed by atoms with Crippen molar-refractivity contribution in [2.75, 3.05) is 0 Å². The normalized spacial score (nSPS) is 12.2.